The number of aryl methyl sites for hydroxylation is 1. The molecule has 0 bridgehead atoms. The highest BCUT2D eigenvalue weighted by atomic mass is 32.1. The Morgan fingerprint density at radius 3 is 3.20 bits per heavy atom. The molecule has 1 aliphatic carbocycles. The lowest BCUT2D eigenvalue weighted by atomic mass is 9.89. The molecule has 1 aliphatic rings. The normalized spacial score (nSPS) is 16.9. The summed E-state index contributed by atoms with van der Waals surface area (Å²) < 4.78 is 0. The summed E-state index contributed by atoms with van der Waals surface area (Å²) >= 11 is 1.68. The van der Waals surface area contributed by atoms with Crippen molar-refractivity contribution in [3.8, 4) is 0 Å². The molecule has 0 saturated heterocycles. The van der Waals surface area contributed by atoms with E-state index in [-0.39, 0.29) is 5.92 Å². The van der Waals surface area contributed by atoms with Crippen LogP contribution in [0.4, 0.5) is 11.5 Å². The van der Waals surface area contributed by atoms with Gasteiger partial charge in [0.15, 0.2) is 0 Å². The molecule has 4 aromatic rings. The smallest absolute Gasteiger partial charge is 0.142 e. The van der Waals surface area contributed by atoms with Crippen molar-refractivity contribution in [2.75, 3.05) is 5.32 Å². The predicted molar refractivity (Wildman–Crippen MR) is 98.4 cm³/mol. The standard InChI is InChI=1S/C18H15N5OS/c24-8-10-1-3-13-15(5-10)25-18-16(13)17(19-9-20-18)22-12-2-4-14-11(6-12)7-21-23-14/h2,4,6-10H,1,3,5H2,(H,21,23)(H,19,20,22). The first kappa shape index (κ1) is 14.5. The minimum atomic E-state index is 0.133. The average Bonchev–Trinajstić information content (AvgIpc) is 3.25. The maximum atomic E-state index is 11.1. The van der Waals surface area contributed by atoms with E-state index in [1.165, 1.54) is 10.4 Å². The van der Waals surface area contributed by atoms with Crippen LogP contribution >= 0.6 is 11.3 Å². The number of thiophene rings is 1. The minimum absolute atomic E-state index is 0.133. The molecule has 0 spiro atoms. The van der Waals surface area contributed by atoms with Crippen molar-refractivity contribution in [2.24, 2.45) is 5.92 Å². The molecule has 1 unspecified atom stereocenters. The number of fused-ring (bicyclic) bond motifs is 4. The van der Waals surface area contributed by atoms with Crippen molar-refractivity contribution >= 4 is 50.2 Å². The van der Waals surface area contributed by atoms with Gasteiger partial charge < -0.3 is 10.1 Å². The van der Waals surface area contributed by atoms with Gasteiger partial charge >= 0.3 is 0 Å². The zero-order valence-corrected chi connectivity index (χ0v) is 14.1. The molecule has 6 nitrogen and oxygen atoms in total. The van der Waals surface area contributed by atoms with Crippen LogP contribution in [0.5, 0.6) is 0 Å². The van der Waals surface area contributed by atoms with Crippen LogP contribution < -0.4 is 5.32 Å². The maximum Gasteiger partial charge on any atom is 0.142 e. The van der Waals surface area contributed by atoms with E-state index < -0.39 is 0 Å². The fourth-order valence-corrected chi connectivity index (χ4v) is 4.78. The molecule has 0 radical (unpaired) electrons. The van der Waals surface area contributed by atoms with Gasteiger partial charge in [0.2, 0.25) is 0 Å². The second-order valence-corrected chi connectivity index (χ2v) is 7.43. The average molecular weight is 349 g/mol. The van der Waals surface area contributed by atoms with E-state index >= 15 is 0 Å². The van der Waals surface area contributed by atoms with Crippen LogP contribution in [-0.2, 0) is 17.6 Å². The summed E-state index contributed by atoms with van der Waals surface area (Å²) in [6.45, 7) is 0. The zero-order valence-electron chi connectivity index (χ0n) is 13.3. The van der Waals surface area contributed by atoms with Crippen molar-refractivity contribution in [2.45, 2.75) is 19.3 Å². The first-order valence-corrected chi connectivity index (χ1v) is 9.04. The number of H-pyrrole nitrogens is 1. The van der Waals surface area contributed by atoms with Gasteiger partial charge in [-0.1, -0.05) is 0 Å². The van der Waals surface area contributed by atoms with E-state index in [1.54, 1.807) is 17.7 Å². The quantitative estimate of drug-likeness (QED) is 0.552. The summed E-state index contributed by atoms with van der Waals surface area (Å²) in [6.07, 6.45) is 7.11. The highest BCUT2D eigenvalue weighted by molar-refractivity contribution is 7.19. The zero-order chi connectivity index (χ0) is 16.8. The number of nitrogens with zero attached hydrogens (tertiary/aromatic N) is 3. The van der Waals surface area contributed by atoms with Crippen LogP contribution in [0.2, 0.25) is 0 Å². The number of hydrogen-bond acceptors (Lipinski definition) is 6. The number of hydrogen-bond donors (Lipinski definition) is 2. The van der Waals surface area contributed by atoms with Crippen LogP contribution in [0, 0.1) is 5.92 Å². The molecule has 124 valence electrons. The minimum Gasteiger partial charge on any atom is -0.340 e. The molecule has 1 aromatic carbocycles. The third-order valence-corrected chi connectivity index (χ3v) is 5.94. The number of aromatic amines is 1. The van der Waals surface area contributed by atoms with Gasteiger partial charge in [-0.3, -0.25) is 5.10 Å². The van der Waals surface area contributed by atoms with Gasteiger partial charge in [-0.15, -0.1) is 11.3 Å². The molecular weight excluding hydrogens is 334 g/mol. The molecule has 0 saturated carbocycles. The number of benzene rings is 1. The molecule has 5 rings (SSSR count). The molecule has 0 aliphatic heterocycles. The second-order valence-electron chi connectivity index (χ2n) is 6.34. The topological polar surface area (TPSA) is 83.6 Å². The predicted octanol–water partition coefficient (Wildman–Crippen LogP) is 3.62. The first-order chi connectivity index (χ1) is 12.3. The molecular formula is C18H15N5OS. The molecule has 3 heterocycles. The van der Waals surface area contributed by atoms with E-state index in [9.17, 15) is 4.79 Å². The Labute approximate surface area is 147 Å². The summed E-state index contributed by atoms with van der Waals surface area (Å²) in [7, 11) is 0. The van der Waals surface area contributed by atoms with E-state index in [0.29, 0.717) is 0 Å². The van der Waals surface area contributed by atoms with Crippen molar-refractivity contribution in [1.82, 2.24) is 20.2 Å². The highest BCUT2D eigenvalue weighted by Gasteiger charge is 2.24. The Morgan fingerprint density at radius 2 is 2.28 bits per heavy atom. The highest BCUT2D eigenvalue weighted by Crippen LogP contribution is 2.40. The number of aromatic nitrogens is 4. The van der Waals surface area contributed by atoms with Gasteiger partial charge in [0.05, 0.1) is 17.1 Å². The monoisotopic (exact) mass is 349 g/mol. The van der Waals surface area contributed by atoms with Crippen molar-refractivity contribution in [1.29, 1.82) is 0 Å². The Bertz CT molecular complexity index is 1100. The first-order valence-electron chi connectivity index (χ1n) is 8.22. The molecule has 0 fully saturated rings. The number of aldehydes is 1. The van der Waals surface area contributed by atoms with Gasteiger partial charge in [0.25, 0.3) is 0 Å². The number of nitrogens with one attached hydrogen (secondary N) is 2. The summed E-state index contributed by atoms with van der Waals surface area (Å²) in [6, 6.07) is 6.06. The Kier molecular flexibility index (Phi) is 3.27. The largest absolute Gasteiger partial charge is 0.340 e. The molecule has 1 atom stereocenters. The Balaban J connectivity index is 1.59. The van der Waals surface area contributed by atoms with Crippen molar-refractivity contribution < 1.29 is 4.79 Å². The molecule has 2 N–H and O–H groups in total. The van der Waals surface area contributed by atoms with Crippen LogP contribution in [0.25, 0.3) is 21.1 Å². The molecule has 3 aromatic heterocycles. The van der Waals surface area contributed by atoms with E-state index in [4.69, 9.17) is 0 Å². The lowest BCUT2D eigenvalue weighted by molar-refractivity contribution is -0.111. The van der Waals surface area contributed by atoms with Gasteiger partial charge in [-0.2, -0.15) is 5.10 Å². The summed E-state index contributed by atoms with van der Waals surface area (Å²) in [5.41, 5.74) is 3.27. The summed E-state index contributed by atoms with van der Waals surface area (Å²) in [4.78, 5) is 22.3. The fraction of sp³-hybridized carbons (Fsp3) is 0.222. The third-order valence-electron chi connectivity index (χ3n) is 4.78. The summed E-state index contributed by atoms with van der Waals surface area (Å²) in [5, 5.41) is 12.6. The van der Waals surface area contributed by atoms with Crippen molar-refractivity contribution in [3.63, 3.8) is 0 Å². The Morgan fingerprint density at radius 1 is 1.32 bits per heavy atom. The van der Waals surface area contributed by atoms with Crippen LogP contribution in [0.1, 0.15) is 16.9 Å². The lowest BCUT2D eigenvalue weighted by Crippen LogP contribution is -2.13. The number of carbonyl (C=O) groups is 1. The molecule has 0 amide bonds. The van der Waals surface area contributed by atoms with Gasteiger partial charge in [0.1, 0.15) is 23.3 Å². The molecule has 25 heavy (non-hydrogen) atoms. The van der Waals surface area contributed by atoms with Gasteiger partial charge in [0, 0.05) is 21.9 Å². The number of anilines is 2. The molecule has 7 heteroatoms. The third kappa shape index (κ3) is 2.39. The van der Waals surface area contributed by atoms with E-state index in [2.05, 4.69) is 25.5 Å². The van der Waals surface area contributed by atoms with Crippen LogP contribution in [0.15, 0.2) is 30.7 Å². The van der Waals surface area contributed by atoms with Gasteiger partial charge in [-0.05, 0) is 43.0 Å². The fourth-order valence-electron chi connectivity index (χ4n) is 3.50. The van der Waals surface area contributed by atoms with E-state index in [0.717, 1.165) is 58.2 Å². The summed E-state index contributed by atoms with van der Waals surface area (Å²) in [5.74, 6) is 0.961. The SMILES string of the molecule is O=CC1CCc2c(sc3ncnc(Nc4ccc5[nH]ncc5c4)c23)C1. The van der Waals surface area contributed by atoms with Crippen molar-refractivity contribution in [3.05, 3.63) is 41.2 Å². The number of rotatable bonds is 3. The Hall–Kier alpha value is -2.80. The van der Waals surface area contributed by atoms with Crippen LogP contribution in [0.3, 0.4) is 0 Å². The number of carbonyl (C=O) groups excluding carboxylic acids is 1. The van der Waals surface area contributed by atoms with Crippen LogP contribution in [-0.4, -0.2) is 26.5 Å². The lowest BCUT2D eigenvalue weighted by Gasteiger charge is -2.17. The maximum absolute atomic E-state index is 11.1. The second kappa shape index (κ2) is 5.63. The van der Waals surface area contributed by atoms with E-state index in [1.807, 2.05) is 24.4 Å². The van der Waals surface area contributed by atoms with Gasteiger partial charge in [-0.25, -0.2) is 9.97 Å².